The molecule has 1 fully saturated rings. The molecule has 3 aromatic rings. The van der Waals surface area contributed by atoms with E-state index >= 15 is 0 Å². The Balaban J connectivity index is 1.51. The van der Waals surface area contributed by atoms with Crippen molar-refractivity contribution in [3.63, 3.8) is 0 Å². The molecule has 0 unspecified atom stereocenters. The number of rotatable bonds is 8. The van der Waals surface area contributed by atoms with Gasteiger partial charge in [0.05, 0.1) is 28.0 Å². The molecule has 1 heterocycles. The molecule has 11 heteroatoms. The molecule has 0 spiro atoms. The van der Waals surface area contributed by atoms with Crippen LogP contribution in [0.3, 0.4) is 0 Å². The number of hydrogen-bond acceptors (Lipinski definition) is 7. The fraction of sp³-hybridized carbons (Fsp3) is 0.120. The highest BCUT2D eigenvalue weighted by atomic mass is 79.9. The lowest BCUT2D eigenvalue weighted by atomic mass is 10.1. The first-order chi connectivity index (χ1) is 17.2. The fourth-order valence-electron chi connectivity index (χ4n) is 3.44. The Morgan fingerprint density at radius 2 is 1.86 bits per heavy atom. The maximum absolute atomic E-state index is 13.4. The number of nitrogens with zero attached hydrogens (tertiary/aromatic N) is 2. The summed E-state index contributed by atoms with van der Waals surface area (Å²) in [7, 11) is 1.47. The van der Waals surface area contributed by atoms with Gasteiger partial charge in [-0.2, -0.15) is 0 Å². The van der Waals surface area contributed by atoms with Gasteiger partial charge in [0.15, 0.2) is 11.5 Å². The van der Waals surface area contributed by atoms with E-state index in [1.54, 1.807) is 30.3 Å². The zero-order valence-electron chi connectivity index (χ0n) is 18.8. The molecule has 8 nitrogen and oxygen atoms in total. The number of ether oxygens (including phenoxy) is 2. The smallest absolute Gasteiger partial charge is 0.293 e. The van der Waals surface area contributed by atoms with Crippen LogP contribution in [0.25, 0.3) is 6.08 Å². The number of nitro groups is 1. The summed E-state index contributed by atoms with van der Waals surface area (Å²) in [6, 6.07) is 15.1. The quantitative estimate of drug-likeness (QED) is 0.177. The second-order valence-electron chi connectivity index (χ2n) is 7.64. The number of carbonyl (C=O) groups is 2. The first kappa shape index (κ1) is 25.4. The van der Waals surface area contributed by atoms with Crippen molar-refractivity contribution in [3.8, 4) is 11.5 Å². The molecule has 3 aromatic carbocycles. The van der Waals surface area contributed by atoms with Gasteiger partial charge in [-0.25, -0.2) is 4.39 Å². The number of carbonyl (C=O) groups excluding carboxylic acids is 2. The normalized spacial score (nSPS) is 14.4. The second kappa shape index (κ2) is 10.9. The van der Waals surface area contributed by atoms with Crippen LogP contribution in [0.4, 0.5) is 14.9 Å². The van der Waals surface area contributed by atoms with Crippen LogP contribution in [0, 0.1) is 15.9 Å². The number of methoxy groups -OCH3 is 1. The summed E-state index contributed by atoms with van der Waals surface area (Å²) in [6.45, 7) is 0.119. The molecule has 1 aliphatic heterocycles. The Bertz CT molecular complexity index is 1380. The summed E-state index contributed by atoms with van der Waals surface area (Å²) in [4.78, 5) is 37.0. The third-order valence-electron chi connectivity index (χ3n) is 5.18. The number of imide groups is 1. The molecule has 36 heavy (non-hydrogen) atoms. The zero-order chi connectivity index (χ0) is 25.8. The van der Waals surface area contributed by atoms with Gasteiger partial charge in [-0.1, -0.05) is 24.3 Å². The van der Waals surface area contributed by atoms with Crippen LogP contribution in [0.5, 0.6) is 11.5 Å². The lowest BCUT2D eigenvalue weighted by Gasteiger charge is -2.14. The van der Waals surface area contributed by atoms with Crippen LogP contribution in [-0.2, 0) is 17.9 Å². The van der Waals surface area contributed by atoms with Crippen molar-refractivity contribution in [2.75, 3.05) is 7.11 Å². The zero-order valence-corrected chi connectivity index (χ0v) is 21.2. The fourth-order valence-corrected chi connectivity index (χ4v) is 4.85. The highest BCUT2D eigenvalue weighted by Gasteiger charge is 2.35. The minimum Gasteiger partial charge on any atom is -0.493 e. The molecule has 0 aromatic heterocycles. The average Bonchev–Trinajstić information content (AvgIpc) is 3.10. The van der Waals surface area contributed by atoms with E-state index in [9.17, 15) is 24.1 Å². The summed E-state index contributed by atoms with van der Waals surface area (Å²) < 4.78 is 25.3. The molecular weight excluding hydrogens is 555 g/mol. The van der Waals surface area contributed by atoms with E-state index in [0.717, 1.165) is 16.7 Å². The SMILES string of the molecule is COc1cc(C=C2SC(=O)N(Cc3ccc([N+](=O)[O-])cc3)C2=O)cc(Br)c1OCc1cccc(F)c1. The van der Waals surface area contributed by atoms with Crippen LogP contribution < -0.4 is 9.47 Å². The largest absolute Gasteiger partial charge is 0.493 e. The molecule has 4 rings (SSSR count). The maximum atomic E-state index is 13.4. The van der Waals surface area contributed by atoms with E-state index in [1.165, 1.54) is 43.5 Å². The predicted molar refractivity (Wildman–Crippen MR) is 136 cm³/mol. The van der Waals surface area contributed by atoms with E-state index in [-0.39, 0.29) is 29.6 Å². The van der Waals surface area contributed by atoms with E-state index in [4.69, 9.17) is 9.47 Å². The summed E-state index contributed by atoms with van der Waals surface area (Å²) in [5.74, 6) is -0.0350. The monoisotopic (exact) mass is 572 g/mol. The predicted octanol–water partition coefficient (Wildman–Crippen LogP) is 6.32. The lowest BCUT2D eigenvalue weighted by Crippen LogP contribution is -2.27. The number of halogens is 2. The first-order valence-corrected chi connectivity index (χ1v) is 12.1. The van der Waals surface area contributed by atoms with Gasteiger partial charge in [0.1, 0.15) is 12.4 Å². The molecule has 2 amide bonds. The van der Waals surface area contributed by atoms with Crippen LogP contribution in [0.1, 0.15) is 16.7 Å². The minimum atomic E-state index is -0.517. The Kier molecular flexibility index (Phi) is 7.70. The maximum Gasteiger partial charge on any atom is 0.293 e. The molecule has 0 bridgehead atoms. The van der Waals surface area contributed by atoms with Crippen molar-refractivity contribution < 1.29 is 28.4 Å². The molecule has 0 radical (unpaired) electrons. The second-order valence-corrected chi connectivity index (χ2v) is 9.49. The van der Waals surface area contributed by atoms with Gasteiger partial charge in [-0.05, 0) is 74.7 Å². The number of nitro benzene ring substituents is 1. The van der Waals surface area contributed by atoms with Crippen LogP contribution >= 0.6 is 27.7 Å². The highest BCUT2D eigenvalue weighted by molar-refractivity contribution is 9.10. The Morgan fingerprint density at radius 3 is 2.53 bits per heavy atom. The van der Waals surface area contributed by atoms with Crippen LogP contribution in [0.2, 0.25) is 0 Å². The van der Waals surface area contributed by atoms with Gasteiger partial charge >= 0.3 is 0 Å². The van der Waals surface area contributed by atoms with E-state index in [1.807, 2.05) is 0 Å². The van der Waals surface area contributed by atoms with Crippen molar-refractivity contribution in [1.29, 1.82) is 0 Å². The van der Waals surface area contributed by atoms with Crippen molar-refractivity contribution in [3.05, 3.63) is 103 Å². The number of amides is 2. The van der Waals surface area contributed by atoms with E-state index in [2.05, 4.69) is 15.9 Å². The minimum absolute atomic E-state index is 0.000124. The summed E-state index contributed by atoms with van der Waals surface area (Å²) in [6.07, 6.45) is 1.57. The van der Waals surface area contributed by atoms with Gasteiger partial charge in [-0.3, -0.25) is 24.6 Å². The van der Waals surface area contributed by atoms with Gasteiger partial charge in [-0.15, -0.1) is 0 Å². The number of thioether (sulfide) groups is 1. The van der Waals surface area contributed by atoms with Crippen molar-refractivity contribution >= 4 is 50.6 Å². The van der Waals surface area contributed by atoms with E-state index < -0.39 is 16.1 Å². The Morgan fingerprint density at radius 1 is 1.11 bits per heavy atom. The number of hydrogen-bond donors (Lipinski definition) is 0. The van der Waals surface area contributed by atoms with Gasteiger partial charge in [0.25, 0.3) is 16.8 Å². The number of non-ortho nitro benzene ring substituents is 1. The van der Waals surface area contributed by atoms with Crippen LogP contribution in [0.15, 0.2) is 70.0 Å². The average molecular weight is 573 g/mol. The standard InChI is InChI=1S/C25H18BrFN2O6S/c1-34-21-11-17(10-20(26)23(21)35-14-16-3-2-4-18(27)9-16)12-22-24(30)28(25(31)36-22)13-15-5-7-19(8-6-15)29(32)33/h2-12H,13-14H2,1H3. The van der Waals surface area contributed by atoms with Crippen molar-refractivity contribution in [2.45, 2.75) is 13.2 Å². The van der Waals surface area contributed by atoms with E-state index in [0.29, 0.717) is 32.7 Å². The molecule has 1 aliphatic rings. The summed E-state index contributed by atoms with van der Waals surface area (Å²) >= 11 is 4.25. The van der Waals surface area contributed by atoms with Gasteiger partial charge in [0.2, 0.25) is 0 Å². The molecule has 0 aliphatic carbocycles. The molecule has 0 saturated carbocycles. The van der Waals surface area contributed by atoms with Crippen molar-refractivity contribution in [1.82, 2.24) is 4.90 Å². The Labute approximate surface area is 218 Å². The highest BCUT2D eigenvalue weighted by Crippen LogP contribution is 2.39. The molecule has 0 N–H and O–H groups in total. The van der Waals surface area contributed by atoms with Gasteiger partial charge in [0, 0.05) is 12.1 Å². The van der Waals surface area contributed by atoms with Gasteiger partial charge < -0.3 is 9.47 Å². The molecule has 184 valence electrons. The topological polar surface area (TPSA) is 99.0 Å². The van der Waals surface area contributed by atoms with Crippen LogP contribution in [-0.4, -0.2) is 28.1 Å². The number of benzene rings is 3. The third-order valence-corrected chi connectivity index (χ3v) is 6.68. The van der Waals surface area contributed by atoms with Crippen molar-refractivity contribution in [2.24, 2.45) is 0 Å². The summed E-state index contributed by atoms with van der Waals surface area (Å²) in [5, 5.41) is 10.4. The third kappa shape index (κ3) is 5.74. The lowest BCUT2D eigenvalue weighted by molar-refractivity contribution is -0.384. The summed E-state index contributed by atoms with van der Waals surface area (Å²) in [5.41, 5.74) is 1.76. The molecular formula is C25H18BrFN2O6S. The molecule has 1 saturated heterocycles. The first-order valence-electron chi connectivity index (χ1n) is 10.5. The molecule has 0 atom stereocenters. The Hall–Kier alpha value is -3.70.